The van der Waals surface area contributed by atoms with Crippen LogP contribution in [0.25, 0.3) is 0 Å². The van der Waals surface area contributed by atoms with E-state index >= 15 is 0 Å². The molecule has 1 rings (SSSR count). The Morgan fingerprint density at radius 2 is 1.96 bits per heavy atom. The van der Waals surface area contributed by atoms with Gasteiger partial charge in [0, 0.05) is 11.6 Å². The first-order valence-corrected chi connectivity index (χ1v) is 8.70. The van der Waals surface area contributed by atoms with Gasteiger partial charge < -0.3 is 10.1 Å². The molecule has 0 radical (unpaired) electrons. The average Bonchev–Trinajstić information content (AvgIpc) is 2.52. The van der Waals surface area contributed by atoms with Crippen molar-refractivity contribution in [2.24, 2.45) is 0 Å². The van der Waals surface area contributed by atoms with Crippen LogP contribution in [0.1, 0.15) is 13.3 Å². The van der Waals surface area contributed by atoms with Gasteiger partial charge in [0.15, 0.2) is 6.61 Å². The predicted octanol–water partition coefficient (Wildman–Crippen LogP) is 0.580. The van der Waals surface area contributed by atoms with Crippen LogP contribution >= 0.6 is 11.6 Å². The molecule has 0 aliphatic carbocycles. The number of rotatable bonds is 8. The average molecular weight is 374 g/mol. The van der Waals surface area contributed by atoms with Crippen LogP contribution in [0.4, 0.5) is 0 Å². The molecule has 1 atom stereocenters. The molecule has 0 saturated carbocycles. The number of ether oxygens (including phenoxy) is 1. The summed E-state index contributed by atoms with van der Waals surface area (Å²) in [5, 5.41) is 11.1. The fourth-order valence-electron chi connectivity index (χ4n) is 1.53. The van der Waals surface area contributed by atoms with Gasteiger partial charge in [-0.15, -0.1) is 0 Å². The lowest BCUT2D eigenvalue weighted by atomic mass is 10.4. The lowest BCUT2D eigenvalue weighted by Crippen LogP contribution is -2.41. The summed E-state index contributed by atoms with van der Waals surface area (Å²) in [6, 6.07) is 6.07. The van der Waals surface area contributed by atoms with Gasteiger partial charge in [0.2, 0.25) is 10.0 Å². The summed E-state index contributed by atoms with van der Waals surface area (Å²) >= 11 is 5.69. The number of nitriles is 1. The van der Waals surface area contributed by atoms with E-state index in [2.05, 4.69) is 10.0 Å². The standard InChI is InChI=1S/C14H16ClN3O5S/c1-10(14(20)23-9-13(19)17-8-2-7-16)18-24(21,22)12-5-3-11(15)4-6-12/h3-6,10,18H,2,8-9H2,1H3,(H,17,19)/t10-/m0/s1. The molecular formula is C14H16ClN3O5S. The Kier molecular flexibility index (Phi) is 7.64. The summed E-state index contributed by atoms with van der Waals surface area (Å²) in [6.07, 6.45) is 0.136. The van der Waals surface area contributed by atoms with Crippen LogP contribution in [0.5, 0.6) is 0 Å². The molecule has 0 fully saturated rings. The van der Waals surface area contributed by atoms with E-state index in [4.69, 9.17) is 21.6 Å². The van der Waals surface area contributed by atoms with E-state index in [9.17, 15) is 18.0 Å². The second-order valence-electron chi connectivity index (χ2n) is 4.66. The third kappa shape index (κ3) is 6.54. The van der Waals surface area contributed by atoms with E-state index in [0.29, 0.717) is 5.02 Å². The van der Waals surface area contributed by atoms with Gasteiger partial charge in [-0.3, -0.25) is 9.59 Å². The fraction of sp³-hybridized carbons (Fsp3) is 0.357. The van der Waals surface area contributed by atoms with E-state index in [-0.39, 0.29) is 17.9 Å². The van der Waals surface area contributed by atoms with Gasteiger partial charge >= 0.3 is 5.97 Å². The maximum atomic E-state index is 12.1. The number of benzene rings is 1. The number of amides is 1. The Hall–Kier alpha value is -2.15. The van der Waals surface area contributed by atoms with E-state index in [1.54, 1.807) is 0 Å². The zero-order chi connectivity index (χ0) is 18.2. The first kappa shape index (κ1) is 19.9. The highest BCUT2D eigenvalue weighted by atomic mass is 35.5. The van der Waals surface area contributed by atoms with Gasteiger partial charge in [-0.25, -0.2) is 8.42 Å². The predicted molar refractivity (Wildman–Crippen MR) is 85.4 cm³/mol. The van der Waals surface area contributed by atoms with Crippen molar-refractivity contribution >= 4 is 33.5 Å². The van der Waals surface area contributed by atoms with Crippen molar-refractivity contribution < 1.29 is 22.7 Å². The topological polar surface area (TPSA) is 125 Å². The van der Waals surface area contributed by atoms with E-state index in [0.717, 1.165) is 0 Å². The van der Waals surface area contributed by atoms with Crippen molar-refractivity contribution in [1.29, 1.82) is 5.26 Å². The van der Waals surface area contributed by atoms with Crippen LogP contribution in [0.2, 0.25) is 5.02 Å². The lowest BCUT2D eigenvalue weighted by Gasteiger charge is -2.13. The van der Waals surface area contributed by atoms with Crippen LogP contribution in [-0.2, 0) is 24.3 Å². The van der Waals surface area contributed by atoms with Gasteiger partial charge in [0.05, 0.1) is 17.4 Å². The van der Waals surface area contributed by atoms with Crippen molar-refractivity contribution in [1.82, 2.24) is 10.0 Å². The zero-order valence-corrected chi connectivity index (χ0v) is 14.4. The van der Waals surface area contributed by atoms with Gasteiger partial charge in [0.1, 0.15) is 6.04 Å². The molecule has 130 valence electrons. The molecule has 1 aromatic carbocycles. The third-order valence-electron chi connectivity index (χ3n) is 2.71. The summed E-state index contributed by atoms with van der Waals surface area (Å²) in [5.74, 6) is -1.48. The molecule has 1 aromatic rings. The van der Waals surface area contributed by atoms with Gasteiger partial charge in [-0.1, -0.05) is 11.6 Å². The minimum absolute atomic E-state index is 0.0548. The normalized spacial score (nSPS) is 12.0. The molecule has 0 aromatic heterocycles. The van der Waals surface area contributed by atoms with E-state index in [1.165, 1.54) is 31.2 Å². The summed E-state index contributed by atoms with van der Waals surface area (Å²) in [6.45, 7) is 0.881. The van der Waals surface area contributed by atoms with E-state index in [1.807, 2.05) is 6.07 Å². The Morgan fingerprint density at radius 1 is 1.33 bits per heavy atom. The Bertz CT molecular complexity index is 728. The van der Waals surface area contributed by atoms with Crippen molar-refractivity contribution in [3.8, 4) is 6.07 Å². The van der Waals surface area contributed by atoms with Crippen LogP contribution in [0.15, 0.2) is 29.2 Å². The van der Waals surface area contributed by atoms with Gasteiger partial charge in [-0.2, -0.15) is 9.98 Å². The number of sulfonamides is 1. The first-order valence-electron chi connectivity index (χ1n) is 6.84. The van der Waals surface area contributed by atoms with Crippen LogP contribution in [-0.4, -0.2) is 39.5 Å². The number of hydrogen-bond donors (Lipinski definition) is 2. The smallest absolute Gasteiger partial charge is 0.324 e. The molecule has 0 unspecified atom stereocenters. The Labute approximate surface area is 144 Å². The number of esters is 1. The second kappa shape index (κ2) is 9.22. The summed E-state index contributed by atoms with van der Waals surface area (Å²) in [7, 11) is -3.92. The number of nitrogens with zero attached hydrogens (tertiary/aromatic N) is 1. The number of hydrogen-bond acceptors (Lipinski definition) is 6. The third-order valence-corrected chi connectivity index (χ3v) is 4.52. The van der Waals surface area contributed by atoms with Gasteiger partial charge in [0.25, 0.3) is 5.91 Å². The molecule has 0 bridgehead atoms. The summed E-state index contributed by atoms with van der Waals surface area (Å²) in [4.78, 5) is 23.0. The maximum absolute atomic E-state index is 12.1. The highest BCUT2D eigenvalue weighted by Crippen LogP contribution is 2.14. The largest absolute Gasteiger partial charge is 0.454 e. The molecular weight excluding hydrogens is 358 g/mol. The fourth-order valence-corrected chi connectivity index (χ4v) is 2.85. The maximum Gasteiger partial charge on any atom is 0.324 e. The Balaban J connectivity index is 2.53. The van der Waals surface area contributed by atoms with Crippen LogP contribution in [0, 0.1) is 11.3 Å². The monoisotopic (exact) mass is 373 g/mol. The zero-order valence-electron chi connectivity index (χ0n) is 12.8. The molecule has 10 heteroatoms. The molecule has 24 heavy (non-hydrogen) atoms. The summed E-state index contributed by atoms with van der Waals surface area (Å²) < 4.78 is 31.1. The highest BCUT2D eigenvalue weighted by molar-refractivity contribution is 7.89. The molecule has 0 aliphatic rings. The van der Waals surface area contributed by atoms with Crippen molar-refractivity contribution in [3.05, 3.63) is 29.3 Å². The van der Waals surface area contributed by atoms with Gasteiger partial charge in [-0.05, 0) is 31.2 Å². The minimum Gasteiger partial charge on any atom is -0.454 e. The molecule has 0 saturated heterocycles. The molecule has 0 aliphatic heterocycles. The second-order valence-corrected chi connectivity index (χ2v) is 6.81. The van der Waals surface area contributed by atoms with Crippen LogP contribution in [0.3, 0.4) is 0 Å². The van der Waals surface area contributed by atoms with E-state index < -0.39 is 34.5 Å². The first-order chi connectivity index (χ1) is 11.3. The Morgan fingerprint density at radius 3 is 2.54 bits per heavy atom. The molecule has 0 heterocycles. The number of carbonyl (C=O) groups is 2. The van der Waals surface area contributed by atoms with Crippen molar-refractivity contribution in [2.75, 3.05) is 13.2 Å². The van der Waals surface area contributed by atoms with Crippen molar-refractivity contribution in [2.45, 2.75) is 24.3 Å². The van der Waals surface area contributed by atoms with Crippen molar-refractivity contribution in [3.63, 3.8) is 0 Å². The number of nitrogens with one attached hydrogen (secondary N) is 2. The quantitative estimate of drug-likeness (QED) is 0.507. The minimum atomic E-state index is -3.92. The molecule has 0 spiro atoms. The highest BCUT2D eigenvalue weighted by Gasteiger charge is 2.23. The molecule has 2 N–H and O–H groups in total. The molecule has 1 amide bonds. The number of carbonyl (C=O) groups excluding carboxylic acids is 2. The molecule has 8 nitrogen and oxygen atoms in total. The number of halogens is 1. The lowest BCUT2D eigenvalue weighted by molar-refractivity contribution is -0.149. The summed E-state index contributed by atoms with van der Waals surface area (Å²) in [5.41, 5.74) is 0. The van der Waals surface area contributed by atoms with Crippen LogP contribution < -0.4 is 10.0 Å². The SMILES string of the molecule is C[C@H](NS(=O)(=O)c1ccc(Cl)cc1)C(=O)OCC(=O)NCCC#N.